The average molecular weight is 670 g/mol. The fraction of sp³-hybridized carbons (Fsp3) is 0.171. The minimum atomic E-state index is -3.71. The van der Waals surface area contributed by atoms with Gasteiger partial charge in [-0.1, -0.05) is 45.0 Å². The molecule has 0 spiro atoms. The number of aromatic carboxylic acids is 1. The number of rotatable bonds is 10. The average Bonchev–Trinajstić information content (AvgIpc) is 3.01. The number of carbonyl (C=O) groups excluding carboxylic acids is 1. The summed E-state index contributed by atoms with van der Waals surface area (Å²) in [6.45, 7) is 5.90. The number of fused-ring (bicyclic) bond motifs is 1. The highest BCUT2D eigenvalue weighted by Gasteiger charge is 2.28. The number of carbonyl (C=O) groups is 2. The number of benzene rings is 4. The summed E-state index contributed by atoms with van der Waals surface area (Å²) in [6.07, 6.45) is 2.61. The van der Waals surface area contributed by atoms with Crippen molar-refractivity contribution in [1.82, 2.24) is 4.98 Å². The summed E-state index contributed by atoms with van der Waals surface area (Å²) < 4.78 is 39.1. The van der Waals surface area contributed by atoms with E-state index in [1.165, 1.54) is 24.1 Å². The lowest BCUT2D eigenvalue weighted by molar-refractivity contribution is 0.0697. The van der Waals surface area contributed by atoms with Gasteiger partial charge >= 0.3 is 12.0 Å². The van der Waals surface area contributed by atoms with Crippen LogP contribution in [-0.4, -0.2) is 43.9 Å². The number of nitrogens with one attached hydrogen (secondary N) is 2. The van der Waals surface area contributed by atoms with E-state index < -0.39 is 27.4 Å². The first-order chi connectivity index (χ1) is 22.6. The van der Waals surface area contributed by atoms with Crippen molar-refractivity contribution in [2.24, 2.45) is 5.73 Å². The van der Waals surface area contributed by atoms with E-state index in [9.17, 15) is 18.0 Å². The van der Waals surface area contributed by atoms with Crippen LogP contribution >= 0.6 is 0 Å². The Bertz CT molecular complexity index is 2130. The fourth-order valence-electron chi connectivity index (χ4n) is 5.12. The standard InChI is InChI=1S/C35H35N5O7S/c1-35(2,3)22-18-27(39-48(5,44)45)32(46-4)29(19-22)40(34(36)43)28-14-15-30(26-9-7-6-8-25(26)28)47-24-16-17-37-31(20-24)38-23-12-10-21(11-13-23)33(41)42/h6-20,39H,1-5H3,(H2,36,43)(H,37,38)(H,41,42). The van der Waals surface area contributed by atoms with E-state index in [1.807, 2.05) is 45.0 Å². The molecule has 0 fully saturated rings. The number of hydrogen-bond donors (Lipinski definition) is 4. The van der Waals surface area contributed by atoms with Crippen LogP contribution < -0.4 is 30.1 Å². The van der Waals surface area contributed by atoms with Crippen LogP contribution in [0.5, 0.6) is 17.2 Å². The van der Waals surface area contributed by atoms with Gasteiger partial charge in [-0.25, -0.2) is 23.0 Å². The Kier molecular flexibility index (Phi) is 9.17. The van der Waals surface area contributed by atoms with Crippen LogP contribution in [0.1, 0.15) is 36.7 Å². The molecule has 0 saturated heterocycles. The third-order valence-corrected chi connectivity index (χ3v) is 7.95. The van der Waals surface area contributed by atoms with Gasteiger partial charge in [0.05, 0.1) is 36.0 Å². The molecule has 1 heterocycles. The molecule has 48 heavy (non-hydrogen) atoms. The molecule has 12 nitrogen and oxygen atoms in total. The Morgan fingerprint density at radius 2 is 1.60 bits per heavy atom. The molecule has 4 aromatic carbocycles. The van der Waals surface area contributed by atoms with E-state index in [0.29, 0.717) is 39.5 Å². The third-order valence-electron chi connectivity index (χ3n) is 7.36. The third kappa shape index (κ3) is 7.42. The number of primary amides is 1. The molecule has 0 unspecified atom stereocenters. The molecule has 0 radical (unpaired) electrons. The van der Waals surface area contributed by atoms with E-state index in [-0.39, 0.29) is 22.7 Å². The van der Waals surface area contributed by atoms with Crippen LogP contribution in [0.4, 0.5) is 33.4 Å². The van der Waals surface area contributed by atoms with Gasteiger partial charge in [0.1, 0.15) is 17.3 Å². The monoisotopic (exact) mass is 669 g/mol. The zero-order chi connectivity index (χ0) is 34.8. The summed E-state index contributed by atoms with van der Waals surface area (Å²) in [5.74, 6) is 0.525. The topological polar surface area (TPSA) is 173 Å². The SMILES string of the molecule is COc1c(NS(C)(=O)=O)cc(C(C)(C)C)cc1N(C(N)=O)c1ccc(Oc2ccnc(Nc3ccc(C(=O)O)cc3)c2)c2ccccc12. The lowest BCUT2D eigenvalue weighted by Crippen LogP contribution is -2.32. The maximum Gasteiger partial charge on any atom is 0.335 e. The Labute approximate surface area is 278 Å². The molecule has 1 aromatic heterocycles. The zero-order valence-corrected chi connectivity index (χ0v) is 27.8. The molecule has 0 bridgehead atoms. The second-order valence-electron chi connectivity index (χ2n) is 12.0. The number of carboxylic acid groups (broad SMARTS) is 1. The molecular formula is C35H35N5O7S. The predicted molar refractivity (Wildman–Crippen MR) is 187 cm³/mol. The van der Waals surface area contributed by atoms with E-state index >= 15 is 0 Å². The lowest BCUT2D eigenvalue weighted by Gasteiger charge is -2.29. The molecule has 0 atom stereocenters. The molecule has 2 amide bonds. The number of methoxy groups -OCH3 is 1. The Balaban J connectivity index is 1.57. The van der Waals surface area contributed by atoms with Crippen molar-refractivity contribution in [2.75, 3.05) is 28.3 Å². The summed E-state index contributed by atoms with van der Waals surface area (Å²) in [5.41, 5.74) is 7.99. The Hall–Kier alpha value is -5.82. The van der Waals surface area contributed by atoms with Crippen LogP contribution in [-0.2, 0) is 15.4 Å². The maximum atomic E-state index is 13.3. The highest BCUT2D eigenvalue weighted by atomic mass is 32.2. The van der Waals surface area contributed by atoms with E-state index in [0.717, 1.165) is 11.8 Å². The number of ether oxygens (including phenoxy) is 2. The van der Waals surface area contributed by atoms with Crippen molar-refractivity contribution in [2.45, 2.75) is 26.2 Å². The summed E-state index contributed by atoms with van der Waals surface area (Å²) in [7, 11) is -2.32. The van der Waals surface area contributed by atoms with E-state index in [4.69, 9.17) is 20.3 Å². The molecule has 5 N–H and O–H groups in total. The lowest BCUT2D eigenvalue weighted by atomic mass is 9.86. The Morgan fingerprint density at radius 3 is 2.21 bits per heavy atom. The van der Waals surface area contributed by atoms with Crippen LogP contribution in [0.15, 0.2) is 91.1 Å². The van der Waals surface area contributed by atoms with Gasteiger partial charge in [-0.2, -0.15) is 0 Å². The summed E-state index contributed by atoms with van der Waals surface area (Å²) in [6, 6.07) is 23.0. The van der Waals surface area contributed by atoms with Gasteiger partial charge < -0.3 is 25.6 Å². The molecule has 0 saturated carbocycles. The maximum absolute atomic E-state index is 13.3. The summed E-state index contributed by atoms with van der Waals surface area (Å²) in [4.78, 5) is 30.1. The second-order valence-corrected chi connectivity index (χ2v) is 13.7. The minimum Gasteiger partial charge on any atom is -0.492 e. The number of carboxylic acids is 1. The largest absolute Gasteiger partial charge is 0.492 e. The number of nitrogens with zero attached hydrogens (tertiary/aromatic N) is 2. The minimum absolute atomic E-state index is 0.117. The van der Waals surface area contributed by atoms with Crippen molar-refractivity contribution in [3.05, 3.63) is 102 Å². The first kappa shape index (κ1) is 33.5. The molecule has 0 aliphatic rings. The highest BCUT2D eigenvalue weighted by molar-refractivity contribution is 7.92. The summed E-state index contributed by atoms with van der Waals surface area (Å²) >= 11 is 0. The molecular weight excluding hydrogens is 634 g/mol. The van der Waals surface area contributed by atoms with E-state index in [2.05, 4.69) is 15.0 Å². The van der Waals surface area contributed by atoms with Gasteiger partial charge in [-0.3, -0.25) is 9.62 Å². The molecule has 5 aromatic rings. The van der Waals surface area contributed by atoms with E-state index in [1.54, 1.807) is 54.7 Å². The quantitative estimate of drug-likeness (QED) is 0.118. The molecule has 5 rings (SSSR count). The normalized spacial score (nSPS) is 11.5. The number of sulfonamides is 1. The molecule has 0 aliphatic carbocycles. The number of aromatic nitrogens is 1. The molecule has 0 aliphatic heterocycles. The predicted octanol–water partition coefficient (Wildman–Crippen LogP) is 7.36. The Morgan fingerprint density at radius 1 is 0.917 bits per heavy atom. The van der Waals surface area contributed by atoms with Gasteiger partial charge in [-0.05, 0) is 65.6 Å². The second kappa shape index (κ2) is 13.1. The first-order valence-electron chi connectivity index (χ1n) is 14.7. The van der Waals surface area contributed by atoms with Gasteiger partial charge in [-0.15, -0.1) is 0 Å². The van der Waals surface area contributed by atoms with Crippen LogP contribution in [0, 0.1) is 0 Å². The first-order valence-corrected chi connectivity index (χ1v) is 16.6. The van der Waals surface area contributed by atoms with Crippen molar-refractivity contribution >= 4 is 61.4 Å². The van der Waals surface area contributed by atoms with Gasteiger partial charge in [0.2, 0.25) is 10.0 Å². The number of anilines is 5. The number of nitrogens with two attached hydrogens (primary N) is 1. The van der Waals surface area contributed by atoms with Crippen molar-refractivity contribution in [3.63, 3.8) is 0 Å². The highest BCUT2D eigenvalue weighted by Crippen LogP contribution is 2.46. The van der Waals surface area contributed by atoms with Crippen molar-refractivity contribution < 1.29 is 32.6 Å². The number of amides is 2. The number of urea groups is 1. The van der Waals surface area contributed by atoms with Gasteiger partial charge in [0.25, 0.3) is 0 Å². The zero-order valence-electron chi connectivity index (χ0n) is 26.9. The van der Waals surface area contributed by atoms with Crippen LogP contribution in [0.25, 0.3) is 10.8 Å². The van der Waals surface area contributed by atoms with Crippen molar-refractivity contribution in [3.8, 4) is 17.2 Å². The number of pyridine rings is 1. The summed E-state index contributed by atoms with van der Waals surface area (Å²) in [5, 5.41) is 13.6. The van der Waals surface area contributed by atoms with Crippen LogP contribution in [0.2, 0.25) is 0 Å². The fourth-order valence-corrected chi connectivity index (χ4v) is 5.67. The smallest absolute Gasteiger partial charge is 0.335 e. The number of hydrogen-bond acceptors (Lipinski definition) is 8. The van der Waals surface area contributed by atoms with Gasteiger partial charge in [0.15, 0.2) is 5.75 Å². The van der Waals surface area contributed by atoms with Gasteiger partial charge in [0, 0.05) is 28.7 Å². The van der Waals surface area contributed by atoms with Crippen LogP contribution in [0.3, 0.4) is 0 Å². The van der Waals surface area contributed by atoms with Crippen molar-refractivity contribution in [1.29, 1.82) is 0 Å². The molecule has 248 valence electrons. The molecule has 13 heteroatoms.